The summed E-state index contributed by atoms with van der Waals surface area (Å²) in [5.41, 5.74) is -0.369. The van der Waals surface area contributed by atoms with Crippen LogP contribution < -0.4 is 0 Å². The van der Waals surface area contributed by atoms with Gasteiger partial charge < -0.3 is 10.0 Å². The van der Waals surface area contributed by atoms with Crippen molar-refractivity contribution in [2.24, 2.45) is 23.2 Å². The summed E-state index contributed by atoms with van der Waals surface area (Å²) in [5, 5.41) is 9.08. The summed E-state index contributed by atoms with van der Waals surface area (Å²) in [7, 11) is 0. The van der Waals surface area contributed by atoms with Crippen LogP contribution in [0.4, 0.5) is 0 Å². The molecule has 17 heavy (non-hydrogen) atoms. The Morgan fingerprint density at radius 3 is 2.12 bits per heavy atom. The van der Waals surface area contributed by atoms with Gasteiger partial charge in [-0.05, 0) is 24.2 Å². The number of amides is 1. The number of carbonyl (C=O) groups is 2. The number of rotatable bonds is 2. The molecule has 0 radical (unpaired) electrons. The van der Waals surface area contributed by atoms with Gasteiger partial charge in [0.15, 0.2) is 0 Å². The van der Waals surface area contributed by atoms with Crippen molar-refractivity contribution in [2.75, 3.05) is 13.1 Å². The van der Waals surface area contributed by atoms with Crippen molar-refractivity contribution in [2.45, 2.75) is 33.6 Å². The molecule has 1 saturated heterocycles. The molecule has 0 aromatic heterocycles. The van der Waals surface area contributed by atoms with E-state index in [1.54, 1.807) is 0 Å². The molecule has 4 heteroatoms. The Morgan fingerprint density at radius 2 is 1.71 bits per heavy atom. The van der Waals surface area contributed by atoms with E-state index in [-0.39, 0.29) is 17.2 Å². The van der Waals surface area contributed by atoms with E-state index in [4.69, 9.17) is 5.11 Å². The van der Waals surface area contributed by atoms with Gasteiger partial charge in [-0.2, -0.15) is 0 Å². The minimum Gasteiger partial charge on any atom is -0.481 e. The zero-order valence-corrected chi connectivity index (χ0v) is 10.8. The lowest BCUT2D eigenvalue weighted by Gasteiger charge is -2.30. The zero-order valence-electron chi connectivity index (χ0n) is 10.8. The monoisotopic (exact) mass is 239 g/mol. The Bertz CT molecular complexity index is 343. The molecule has 0 bridgehead atoms. The van der Waals surface area contributed by atoms with Crippen LogP contribution in [0.15, 0.2) is 0 Å². The van der Waals surface area contributed by atoms with Gasteiger partial charge in [0.05, 0.1) is 11.8 Å². The molecule has 0 unspecified atom stereocenters. The number of nitrogens with zero attached hydrogens (tertiary/aromatic N) is 1. The molecule has 2 rings (SSSR count). The van der Waals surface area contributed by atoms with Gasteiger partial charge in [0, 0.05) is 13.1 Å². The van der Waals surface area contributed by atoms with Gasteiger partial charge in [-0.3, -0.25) is 9.59 Å². The molecule has 1 heterocycles. The lowest BCUT2D eigenvalue weighted by molar-refractivity contribution is -0.142. The van der Waals surface area contributed by atoms with E-state index in [1.165, 1.54) is 0 Å². The quantitative estimate of drug-likeness (QED) is 0.796. The molecular formula is C13H21NO3. The van der Waals surface area contributed by atoms with Gasteiger partial charge >= 0.3 is 5.97 Å². The number of hydrogen-bond donors (Lipinski definition) is 1. The molecule has 0 aromatic carbocycles. The predicted octanol–water partition coefficient (Wildman–Crippen LogP) is 1.60. The van der Waals surface area contributed by atoms with Crippen LogP contribution in [0.2, 0.25) is 0 Å². The number of carbonyl (C=O) groups excluding carboxylic acids is 1. The summed E-state index contributed by atoms with van der Waals surface area (Å²) in [4.78, 5) is 25.2. The highest BCUT2D eigenvalue weighted by atomic mass is 16.4. The summed E-state index contributed by atoms with van der Waals surface area (Å²) in [5.74, 6) is -0.905. The van der Waals surface area contributed by atoms with Crippen molar-refractivity contribution in [1.82, 2.24) is 4.90 Å². The molecule has 0 aromatic rings. The number of hydrogen-bond acceptors (Lipinski definition) is 2. The maximum absolute atomic E-state index is 12.3. The van der Waals surface area contributed by atoms with Gasteiger partial charge in [0.25, 0.3) is 0 Å². The average Bonchev–Trinajstić information content (AvgIpc) is 2.82. The third-order valence-corrected chi connectivity index (χ3v) is 4.45. The Labute approximate surface area is 102 Å². The summed E-state index contributed by atoms with van der Waals surface area (Å²) >= 11 is 0. The fraction of sp³-hybridized carbons (Fsp3) is 0.846. The smallest absolute Gasteiger partial charge is 0.307 e. The number of aliphatic carboxylic acids is 1. The van der Waals surface area contributed by atoms with Crippen LogP contribution in [0, 0.1) is 23.2 Å². The Morgan fingerprint density at radius 1 is 1.18 bits per heavy atom. The van der Waals surface area contributed by atoms with Crippen molar-refractivity contribution < 1.29 is 14.7 Å². The normalized spacial score (nSPS) is 32.3. The highest BCUT2D eigenvalue weighted by Gasteiger charge is 2.66. The van der Waals surface area contributed by atoms with E-state index in [0.717, 1.165) is 25.9 Å². The number of piperidine rings is 1. The van der Waals surface area contributed by atoms with Gasteiger partial charge in [-0.1, -0.05) is 20.8 Å². The first kappa shape index (κ1) is 12.4. The van der Waals surface area contributed by atoms with Crippen molar-refractivity contribution in [3.8, 4) is 0 Å². The third kappa shape index (κ3) is 2.05. The van der Waals surface area contributed by atoms with Crippen molar-refractivity contribution in [3.63, 3.8) is 0 Å². The molecular weight excluding hydrogens is 218 g/mol. The Balaban J connectivity index is 2.00. The summed E-state index contributed by atoms with van der Waals surface area (Å²) in [6, 6.07) is 0. The van der Waals surface area contributed by atoms with Gasteiger partial charge in [-0.15, -0.1) is 0 Å². The molecule has 1 N–H and O–H groups in total. The molecule has 2 fully saturated rings. The summed E-state index contributed by atoms with van der Waals surface area (Å²) in [6.07, 6.45) is 2.08. The van der Waals surface area contributed by atoms with E-state index < -0.39 is 11.9 Å². The fourth-order valence-corrected chi connectivity index (χ4v) is 2.99. The van der Waals surface area contributed by atoms with E-state index >= 15 is 0 Å². The first-order chi connectivity index (χ1) is 7.85. The third-order valence-electron chi connectivity index (χ3n) is 4.45. The zero-order chi connectivity index (χ0) is 12.8. The molecule has 2 aliphatic rings. The van der Waals surface area contributed by atoms with Crippen molar-refractivity contribution >= 4 is 11.9 Å². The predicted molar refractivity (Wildman–Crippen MR) is 63.4 cm³/mol. The van der Waals surface area contributed by atoms with Crippen LogP contribution in [0.25, 0.3) is 0 Å². The molecule has 4 nitrogen and oxygen atoms in total. The lowest BCUT2D eigenvalue weighted by atomic mass is 9.98. The van der Waals surface area contributed by atoms with E-state index in [1.807, 2.05) is 18.7 Å². The SMILES string of the molecule is CC1CCN(C(=O)[C@H]2[C@@H](C(=O)O)C2(C)C)CC1. The number of carboxylic acid groups (broad SMARTS) is 1. The Kier molecular flexibility index (Phi) is 2.92. The second-order valence-electron chi connectivity index (χ2n) is 6.12. The maximum atomic E-state index is 12.3. The van der Waals surface area contributed by atoms with Crippen molar-refractivity contribution in [1.29, 1.82) is 0 Å². The number of carboxylic acids is 1. The van der Waals surface area contributed by atoms with Gasteiger partial charge in [0.1, 0.15) is 0 Å². The minimum absolute atomic E-state index is 0.0503. The molecule has 96 valence electrons. The van der Waals surface area contributed by atoms with E-state index in [9.17, 15) is 9.59 Å². The van der Waals surface area contributed by atoms with Crippen LogP contribution in [-0.4, -0.2) is 35.0 Å². The first-order valence-electron chi connectivity index (χ1n) is 6.37. The molecule has 0 spiro atoms. The van der Waals surface area contributed by atoms with Crippen molar-refractivity contribution in [3.05, 3.63) is 0 Å². The number of likely N-dealkylation sites (tertiary alicyclic amines) is 1. The van der Waals surface area contributed by atoms with Gasteiger partial charge in [-0.25, -0.2) is 0 Å². The molecule has 2 atom stereocenters. The molecule has 1 aliphatic heterocycles. The summed E-state index contributed by atoms with van der Waals surface area (Å²) < 4.78 is 0. The molecule has 1 aliphatic carbocycles. The average molecular weight is 239 g/mol. The lowest BCUT2D eigenvalue weighted by Crippen LogP contribution is -2.39. The standard InChI is InChI=1S/C13H21NO3/c1-8-4-6-14(7-5-8)11(15)9-10(12(16)17)13(9,2)3/h8-10H,4-7H2,1-3H3,(H,16,17)/t9-,10+/m1/s1. The van der Waals surface area contributed by atoms with Crippen LogP contribution >= 0.6 is 0 Å². The second kappa shape index (κ2) is 4.00. The highest BCUT2D eigenvalue weighted by molar-refractivity contribution is 5.91. The van der Waals surface area contributed by atoms with E-state index in [2.05, 4.69) is 6.92 Å². The van der Waals surface area contributed by atoms with Gasteiger partial charge in [0.2, 0.25) is 5.91 Å². The molecule has 1 saturated carbocycles. The highest BCUT2D eigenvalue weighted by Crippen LogP contribution is 2.59. The van der Waals surface area contributed by atoms with Crippen LogP contribution in [0.5, 0.6) is 0 Å². The summed E-state index contributed by atoms with van der Waals surface area (Å²) in [6.45, 7) is 7.53. The Hall–Kier alpha value is -1.06. The molecule has 1 amide bonds. The fourth-order valence-electron chi connectivity index (χ4n) is 2.99. The maximum Gasteiger partial charge on any atom is 0.307 e. The van der Waals surface area contributed by atoms with E-state index in [0.29, 0.717) is 5.92 Å². The van der Waals surface area contributed by atoms with Crippen LogP contribution in [0.1, 0.15) is 33.6 Å². The topological polar surface area (TPSA) is 57.6 Å². The second-order valence-corrected chi connectivity index (χ2v) is 6.12. The first-order valence-corrected chi connectivity index (χ1v) is 6.37. The minimum atomic E-state index is -0.835. The van der Waals surface area contributed by atoms with Crippen LogP contribution in [0.3, 0.4) is 0 Å². The van der Waals surface area contributed by atoms with Crippen LogP contribution in [-0.2, 0) is 9.59 Å². The largest absolute Gasteiger partial charge is 0.481 e.